The van der Waals surface area contributed by atoms with Gasteiger partial charge in [-0.2, -0.15) is 0 Å². The van der Waals surface area contributed by atoms with E-state index in [9.17, 15) is 9.59 Å². The summed E-state index contributed by atoms with van der Waals surface area (Å²) in [7, 11) is 1.67. The predicted molar refractivity (Wildman–Crippen MR) is 58.8 cm³/mol. The van der Waals surface area contributed by atoms with E-state index in [-0.39, 0.29) is 11.5 Å². The van der Waals surface area contributed by atoms with Crippen molar-refractivity contribution in [3.8, 4) is 0 Å². The molecule has 0 fully saturated rings. The molecule has 1 aromatic rings. The van der Waals surface area contributed by atoms with E-state index in [0.717, 1.165) is 5.57 Å². The van der Waals surface area contributed by atoms with Crippen LogP contribution in [0.15, 0.2) is 35.1 Å². The molecule has 0 atom stereocenters. The Kier molecular flexibility index (Phi) is 3.44. The fraction of sp³-hybridized carbons (Fsp3) is 0.273. The van der Waals surface area contributed by atoms with Gasteiger partial charge < -0.3 is 9.88 Å². The van der Waals surface area contributed by atoms with Crippen molar-refractivity contribution in [1.29, 1.82) is 0 Å². The molecule has 1 N–H and O–H groups in total. The molecule has 0 aromatic carbocycles. The maximum atomic E-state index is 11.7. The van der Waals surface area contributed by atoms with Crippen LogP contribution in [0.5, 0.6) is 0 Å². The van der Waals surface area contributed by atoms with E-state index in [4.69, 9.17) is 0 Å². The van der Waals surface area contributed by atoms with Crippen LogP contribution in [0.1, 0.15) is 17.4 Å². The number of carbonyl (C=O) groups is 1. The van der Waals surface area contributed by atoms with E-state index in [1.54, 1.807) is 19.2 Å². The summed E-state index contributed by atoms with van der Waals surface area (Å²) in [6, 6.07) is 4.51. The van der Waals surface area contributed by atoms with Gasteiger partial charge >= 0.3 is 0 Å². The number of aromatic amines is 1. The summed E-state index contributed by atoms with van der Waals surface area (Å²) in [6.07, 6.45) is 0. The Hall–Kier alpha value is -1.84. The SMILES string of the molecule is C=C(C)CN(C)C(=O)c1cccc(=O)[nH]1. The Morgan fingerprint density at radius 2 is 2.20 bits per heavy atom. The van der Waals surface area contributed by atoms with Crippen LogP contribution < -0.4 is 5.56 Å². The van der Waals surface area contributed by atoms with Crippen LogP contribution in [-0.2, 0) is 0 Å². The molecule has 0 aliphatic carbocycles. The molecule has 0 bridgehead atoms. The topological polar surface area (TPSA) is 53.2 Å². The Labute approximate surface area is 88.2 Å². The summed E-state index contributed by atoms with van der Waals surface area (Å²) in [5.74, 6) is -0.212. The lowest BCUT2D eigenvalue weighted by Crippen LogP contribution is -2.30. The van der Waals surface area contributed by atoms with Crippen molar-refractivity contribution in [2.24, 2.45) is 0 Å². The maximum Gasteiger partial charge on any atom is 0.270 e. The lowest BCUT2D eigenvalue weighted by atomic mass is 10.3. The van der Waals surface area contributed by atoms with Crippen LogP contribution in [0.3, 0.4) is 0 Å². The molecule has 4 heteroatoms. The van der Waals surface area contributed by atoms with E-state index >= 15 is 0 Å². The summed E-state index contributed by atoms with van der Waals surface area (Å²) >= 11 is 0. The van der Waals surface area contributed by atoms with Crippen molar-refractivity contribution >= 4 is 5.91 Å². The fourth-order valence-electron chi connectivity index (χ4n) is 1.25. The lowest BCUT2D eigenvalue weighted by Gasteiger charge is -2.16. The molecule has 0 spiro atoms. The molecule has 1 aromatic heterocycles. The van der Waals surface area contributed by atoms with Crippen molar-refractivity contribution < 1.29 is 4.79 Å². The van der Waals surface area contributed by atoms with Gasteiger partial charge in [0.15, 0.2) is 0 Å². The quantitative estimate of drug-likeness (QED) is 0.751. The van der Waals surface area contributed by atoms with Crippen molar-refractivity contribution in [2.45, 2.75) is 6.92 Å². The highest BCUT2D eigenvalue weighted by atomic mass is 16.2. The largest absolute Gasteiger partial charge is 0.336 e. The smallest absolute Gasteiger partial charge is 0.270 e. The van der Waals surface area contributed by atoms with Gasteiger partial charge in [0.1, 0.15) is 5.69 Å². The van der Waals surface area contributed by atoms with Gasteiger partial charge in [-0.25, -0.2) is 0 Å². The van der Waals surface area contributed by atoms with Gasteiger partial charge in [-0.15, -0.1) is 0 Å². The van der Waals surface area contributed by atoms with Gasteiger partial charge in [0.25, 0.3) is 5.91 Å². The normalized spacial score (nSPS) is 9.73. The zero-order valence-electron chi connectivity index (χ0n) is 8.91. The minimum atomic E-state index is -0.274. The number of amides is 1. The van der Waals surface area contributed by atoms with Crippen molar-refractivity contribution in [1.82, 2.24) is 9.88 Å². The first kappa shape index (κ1) is 11.2. The van der Waals surface area contributed by atoms with Crippen LogP contribution in [0, 0.1) is 0 Å². The highest BCUT2D eigenvalue weighted by Crippen LogP contribution is 2.00. The van der Waals surface area contributed by atoms with Gasteiger partial charge in [-0.05, 0) is 13.0 Å². The summed E-state index contributed by atoms with van der Waals surface area (Å²) in [5, 5.41) is 0. The molecule has 1 rings (SSSR count). The number of hydrogen-bond acceptors (Lipinski definition) is 2. The third-order valence-corrected chi connectivity index (χ3v) is 1.85. The number of nitrogens with zero attached hydrogens (tertiary/aromatic N) is 1. The van der Waals surface area contributed by atoms with Crippen molar-refractivity contribution in [3.63, 3.8) is 0 Å². The standard InChI is InChI=1S/C11H14N2O2/c1-8(2)7-13(3)11(15)9-5-4-6-10(14)12-9/h4-6H,1,7H2,2-3H3,(H,12,14). The minimum absolute atomic E-state index is 0.212. The van der Waals surface area contributed by atoms with E-state index in [2.05, 4.69) is 11.6 Å². The Morgan fingerprint density at radius 3 is 2.73 bits per heavy atom. The fourth-order valence-corrected chi connectivity index (χ4v) is 1.25. The molecule has 0 saturated carbocycles. The number of carbonyl (C=O) groups excluding carboxylic acids is 1. The second-order valence-corrected chi connectivity index (χ2v) is 3.55. The van der Waals surface area contributed by atoms with Gasteiger partial charge in [0, 0.05) is 19.7 Å². The molecule has 1 amide bonds. The van der Waals surface area contributed by atoms with Crippen LogP contribution >= 0.6 is 0 Å². The molecule has 80 valence electrons. The monoisotopic (exact) mass is 206 g/mol. The first-order valence-electron chi connectivity index (χ1n) is 4.60. The zero-order valence-corrected chi connectivity index (χ0v) is 8.91. The first-order chi connectivity index (χ1) is 7.00. The molecule has 0 radical (unpaired) electrons. The number of aromatic nitrogens is 1. The highest BCUT2D eigenvalue weighted by molar-refractivity contribution is 5.92. The summed E-state index contributed by atoms with van der Waals surface area (Å²) in [5.41, 5.74) is 0.917. The Balaban J connectivity index is 2.85. The first-order valence-corrected chi connectivity index (χ1v) is 4.60. The third kappa shape index (κ3) is 3.09. The van der Waals surface area contributed by atoms with E-state index in [0.29, 0.717) is 12.2 Å². The predicted octanol–water partition coefficient (Wildman–Crippen LogP) is 1.02. The van der Waals surface area contributed by atoms with Crippen LogP contribution in [0.4, 0.5) is 0 Å². The molecular formula is C11H14N2O2. The number of H-pyrrole nitrogens is 1. The molecular weight excluding hydrogens is 192 g/mol. The second kappa shape index (κ2) is 4.59. The molecule has 4 nitrogen and oxygen atoms in total. The van der Waals surface area contributed by atoms with Crippen LogP contribution in [-0.4, -0.2) is 29.4 Å². The molecule has 0 saturated heterocycles. The number of pyridine rings is 1. The molecule has 1 heterocycles. The van der Waals surface area contributed by atoms with Gasteiger partial charge in [-0.3, -0.25) is 9.59 Å². The molecule has 0 aliphatic rings. The van der Waals surface area contributed by atoms with Gasteiger partial charge in [-0.1, -0.05) is 18.2 Å². The van der Waals surface area contributed by atoms with Gasteiger partial charge in [0.05, 0.1) is 0 Å². The zero-order chi connectivity index (χ0) is 11.4. The maximum absolute atomic E-state index is 11.7. The van der Waals surface area contributed by atoms with E-state index in [1.807, 2.05) is 6.92 Å². The summed E-state index contributed by atoms with van der Waals surface area (Å²) in [6.45, 7) is 6.05. The van der Waals surface area contributed by atoms with Crippen LogP contribution in [0.25, 0.3) is 0 Å². The second-order valence-electron chi connectivity index (χ2n) is 3.55. The highest BCUT2D eigenvalue weighted by Gasteiger charge is 2.11. The Bertz CT molecular complexity index is 434. The van der Waals surface area contributed by atoms with Crippen LogP contribution in [0.2, 0.25) is 0 Å². The summed E-state index contributed by atoms with van der Waals surface area (Å²) < 4.78 is 0. The molecule has 0 unspecified atom stereocenters. The number of likely N-dealkylation sites (N-methyl/N-ethyl adjacent to an activating group) is 1. The third-order valence-electron chi connectivity index (χ3n) is 1.85. The van der Waals surface area contributed by atoms with E-state index in [1.165, 1.54) is 11.0 Å². The lowest BCUT2D eigenvalue weighted by molar-refractivity contribution is 0.0801. The number of rotatable bonds is 3. The van der Waals surface area contributed by atoms with Crippen molar-refractivity contribution in [2.75, 3.05) is 13.6 Å². The van der Waals surface area contributed by atoms with Crippen molar-refractivity contribution in [3.05, 3.63) is 46.4 Å². The van der Waals surface area contributed by atoms with E-state index < -0.39 is 0 Å². The minimum Gasteiger partial charge on any atom is -0.336 e. The number of nitrogens with one attached hydrogen (secondary N) is 1. The van der Waals surface area contributed by atoms with Gasteiger partial charge in [0.2, 0.25) is 5.56 Å². The molecule has 15 heavy (non-hydrogen) atoms. The number of hydrogen-bond donors (Lipinski definition) is 1. The summed E-state index contributed by atoms with van der Waals surface area (Å²) in [4.78, 5) is 26.7. The average molecular weight is 206 g/mol. The molecule has 0 aliphatic heterocycles. The average Bonchev–Trinajstić information content (AvgIpc) is 2.15. The Morgan fingerprint density at radius 1 is 1.53 bits per heavy atom.